The molecule has 0 spiro atoms. The lowest BCUT2D eigenvalue weighted by atomic mass is 9.87. The van der Waals surface area contributed by atoms with E-state index in [1.165, 1.54) is 12.7 Å². The molecular formula is C25H23NO2. The number of carbonyl (C=O) groups excluding carboxylic acids is 1. The van der Waals surface area contributed by atoms with Crippen molar-refractivity contribution in [1.82, 2.24) is 0 Å². The molecule has 1 aliphatic rings. The second-order valence-corrected chi connectivity index (χ2v) is 6.99. The molecule has 1 aliphatic carbocycles. The van der Waals surface area contributed by atoms with Crippen LogP contribution in [0.2, 0.25) is 0 Å². The highest BCUT2D eigenvalue weighted by Crippen LogP contribution is 2.33. The van der Waals surface area contributed by atoms with Gasteiger partial charge in [0, 0.05) is 11.1 Å². The number of methoxy groups -OCH3 is 1. The summed E-state index contributed by atoms with van der Waals surface area (Å²) in [5.74, 6) is -0.307. The van der Waals surface area contributed by atoms with Crippen LogP contribution >= 0.6 is 0 Å². The van der Waals surface area contributed by atoms with Crippen LogP contribution in [0.15, 0.2) is 77.8 Å². The summed E-state index contributed by atoms with van der Waals surface area (Å²) in [5.41, 5.74) is 6.51. The number of rotatable bonds is 4. The molecule has 0 aromatic heterocycles. The van der Waals surface area contributed by atoms with Gasteiger partial charge in [0.2, 0.25) is 0 Å². The van der Waals surface area contributed by atoms with Crippen LogP contribution in [-0.4, -0.2) is 18.8 Å². The Bertz CT molecular complexity index is 966. The zero-order valence-corrected chi connectivity index (χ0v) is 16.0. The second kappa shape index (κ2) is 8.22. The third-order valence-electron chi connectivity index (χ3n) is 5.23. The van der Waals surface area contributed by atoms with Gasteiger partial charge in [0.1, 0.15) is 0 Å². The molecule has 0 aliphatic heterocycles. The molecule has 0 amide bonds. The van der Waals surface area contributed by atoms with Gasteiger partial charge in [0.25, 0.3) is 0 Å². The van der Waals surface area contributed by atoms with Crippen molar-refractivity contribution in [1.29, 1.82) is 0 Å². The number of hydrogen-bond acceptors (Lipinski definition) is 3. The molecule has 0 fully saturated rings. The lowest BCUT2D eigenvalue weighted by Gasteiger charge is -2.20. The number of ether oxygens (including phenoxy) is 1. The molecule has 0 radical (unpaired) electrons. The Morgan fingerprint density at radius 2 is 1.43 bits per heavy atom. The van der Waals surface area contributed by atoms with Gasteiger partial charge in [0.05, 0.1) is 24.1 Å². The molecule has 0 saturated carbocycles. The van der Waals surface area contributed by atoms with E-state index in [4.69, 9.17) is 9.73 Å². The molecule has 0 N–H and O–H groups in total. The molecule has 4 rings (SSSR count). The smallest absolute Gasteiger partial charge is 0.340 e. The van der Waals surface area contributed by atoms with E-state index in [2.05, 4.69) is 6.07 Å². The summed E-state index contributed by atoms with van der Waals surface area (Å²) in [6.07, 6.45) is 4.16. The van der Waals surface area contributed by atoms with Gasteiger partial charge < -0.3 is 4.74 Å². The van der Waals surface area contributed by atoms with E-state index < -0.39 is 0 Å². The van der Waals surface area contributed by atoms with Crippen molar-refractivity contribution in [2.75, 3.05) is 7.11 Å². The molecule has 0 bridgehead atoms. The topological polar surface area (TPSA) is 38.7 Å². The monoisotopic (exact) mass is 369 g/mol. The predicted molar refractivity (Wildman–Crippen MR) is 113 cm³/mol. The third-order valence-corrected chi connectivity index (χ3v) is 5.23. The van der Waals surface area contributed by atoms with Gasteiger partial charge in [-0.25, -0.2) is 9.79 Å². The third kappa shape index (κ3) is 3.61. The van der Waals surface area contributed by atoms with Crippen LogP contribution in [-0.2, 0) is 17.6 Å². The molecule has 140 valence electrons. The first-order valence-electron chi connectivity index (χ1n) is 9.70. The summed E-state index contributed by atoms with van der Waals surface area (Å²) in [5, 5.41) is 0. The number of aliphatic imine (C=N–C) groups is 1. The number of esters is 1. The quantitative estimate of drug-likeness (QED) is 0.448. The Morgan fingerprint density at radius 1 is 0.821 bits per heavy atom. The van der Waals surface area contributed by atoms with Gasteiger partial charge >= 0.3 is 5.97 Å². The van der Waals surface area contributed by atoms with Gasteiger partial charge in [-0.2, -0.15) is 0 Å². The van der Waals surface area contributed by atoms with Crippen molar-refractivity contribution in [3.63, 3.8) is 0 Å². The molecule has 0 atom stereocenters. The second-order valence-electron chi connectivity index (χ2n) is 6.99. The Morgan fingerprint density at radius 3 is 2.04 bits per heavy atom. The summed E-state index contributed by atoms with van der Waals surface area (Å²) in [4.78, 5) is 17.7. The van der Waals surface area contributed by atoms with Crippen LogP contribution in [0, 0.1) is 0 Å². The van der Waals surface area contributed by atoms with E-state index in [0.717, 1.165) is 48.1 Å². The average molecular weight is 369 g/mol. The number of benzene rings is 3. The molecule has 28 heavy (non-hydrogen) atoms. The Balaban J connectivity index is 1.93. The minimum atomic E-state index is -0.307. The van der Waals surface area contributed by atoms with Gasteiger partial charge in [-0.15, -0.1) is 0 Å². The Hall–Kier alpha value is -3.20. The maximum Gasteiger partial charge on any atom is 0.340 e. The van der Waals surface area contributed by atoms with E-state index >= 15 is 0 Å². The summed E-state index contributed by atoms with van der Waals surface area (Å²) in [6.45, 7) is 0. The number of aryl methyl sites for hydroxylation is 1. The van der Waals surface area contributed by atoms with E-state index in [0.29, 0.717) is 11.3 Å². The van der Waals surface area contributed by atoms with E-state index in [-0.39, 0.29) is 5.97 Å². The maximum atomic E-state index is 12.7. The van der Waals surface area contributed by atoms with Crippen molar-refractivity contribution in [2.45, 2.75) is 25.7 Å². The zero-order chi connectivity index (χ0) is 19.3. The van der Waals surface area contributed by atoms with Crippen LogP contribution in [0.5, 0.6) is 0 Å². The molecule has 3 heteroatoms. The minimum Gasteiger partial charge on any atom is -0.465 e. The van der Waals surface area contributed by atoms with Gasteiger partial charge in [0.15, 0.2) is 0 Å². The van der Waals surface area contributed by atoms with Gasteiger partial charge in [-0.05, 0) is 42.9 Å². The van der Waals surface area contributed by atoms with Crippen LogP contribution in [0.25, 0.3) is 0 Å². The number of carbonyl (C=O) groups is 1. The van der Waals surface area contributed by atoms with Crippen molar-refractivity contribution >= 4 is 17.4 Å². The first-order valence-corrected chi connectivity index (χ1v) is 9.70. The predicted octanol–water partition coefficient (Wildman–Crippen LogP) is 5.52. The normalized spacial score (nSPS) is 12.8. The molecule has 3 nitrogen and oxygen atoms in total. The zero-order valence-electron chi connectivity index (χ0n) is 16.0. The molecule has 3 aromatic carbocycles. The molecule has 3 aromatic rings. The van der Waals surface area contributed by atoms with E-state index in [1.807, 2.05) is 66.7 Å². The van der Waals surface area contributed by atoms with Crippen LogP contribution < -0.4 is 0 Å². The lowest BCUT2D eigenvalue weighted by molar-refractivity contribution is 0.0600. The van der Waals surface area contributed by atoms with Crippen molar-refractivity contribution < 1.29 is 9.53 Å². The number of nitrogens with zero attached hydrogens (tertiary/aromatic N) is 1. The molecule has 0 saturated heterocycles. The number of fused-ring (bicyclic) bond motifs is 1. The number of hydrogen-bond donors (Lipinski definition) is 0. The Labute approximate surface area is 165 Å². The summed E-state index contributed by atoms with van der Waals surface area (Å²) >= 11 is 0. The standard InChI is InChI=1S/C25H23NO2/c1-28-25(27)23-21-15-9-8-10-18(21)16-17-22(23)26-24(19-11-4-2-5-12-19)20-13-6-3-7-14-20/h2-7,11-14,16-17H,8-10,15H2,1H3. The van der Waals surface area contributed by atoms with Crippen molar-refractivity contribution in [3.05, 3.63) is 101 Å². The fourth-order valence-corrected chi connectivity index (χ4v) is 3.85. The summed E-state index contributed by atoms with van der Waals surface area (Å²) in [7, 11) is 1.44. The van der Waals surface area contributed by atoms with Crippen LogP contribution in [0.3, 0.4) is 0 Å². The minimum absolute atomic E-state index is 0.307. The van der Waals surface area contributed by atoms with Gasteiger partial charge in [-0.3, -0.25) is 0 Å². The maximum absolute atomic E-state index is 12.7. The van der Waals surface area contributed by atoms with Gasteiger partial charge in [-0.1, -0.05) is 66.7 Å². The highest BCUT2D eigenvalue weighted by molar-refractivity contribution is 6.14. The van der Waals surface area contributed by atoms with Crippen molar-refractivity contribution in [3.8, 4) is 0 Å². The lowest BCUT2D eigenvalue weighted by Crippen LogP contribution is -2.13. The highest BCUT2D eigenvalue weighted by atomic mass is 16.5. The fraction of sp³-hybridized carbons (Fsp3) is 0.200. The fourth-order valence-electron chi connectivity index (χ4n) is 3.85. The van der Waals surface area contributed by atoms with E-state index in [9.17, 15) is 4.79 Å². The van der Waals surface area contributed by atoms with E-state index in [1.54, 1.807) is 0 Å². The first kappa shape index (κ1) is 18.2. The first-order chi connectivity index (χ1) is 13.8. The SMILES string of the molecule is COC(=O)c1c(N=C(c2ccccc2)c2ccccc2)ccc2c1CCCC2. The molecule has 0 unspecified atom stereocenters. The highest BCUT2D eigenvalue weighted by Gasteiger charge is 2.22. The van der Waals surface area contributed by atoms with Crippen LogP contribution in [0.1, 0.15) is 45.5 Å². The van der Waals surface area contributed by atoms with Crippen LogP contribution in [0.4, 0.5) is 5.69 Å². The Kier molecular flexibility index (Phi) is 5.34. The summed E-state index contributed by atoms with van der Waals surface area (Å²) < 4.78 is 5.13. The summed E-state index contributed by atoms with van der Waals surface area (Å²) in [6, 6.07) is 24.2. The molecule has 0 heterocycles. The largest absolute Gasteiger partial charge is 0.465 e. The van der Waals surface area contributed by atoms with Crippen molar-refractivity contribution in [2.24, 2.45) is 4.99 Å². The molecular weight excluding hydrogens is 346 g/mol. The average Bonchev–Trinajstić information content (AvgIpc) is 2.77.